The van der Waals surface area contributed by atoms with Crippen molar-refractivity contribution in [2.24, 2.45) is 0 Å². The van der Waals surface area contributed by atoms with Crippen LogP contribution in [0.15, 0.2) is 60.9 Å². The van der Waals surface area contributed by atoms with E-state index in [-0.39, 0.29) is 0 Å². The number of aromatic nitrogens is 3. The number of H-pyrrole nitrogens is 1. The predicted molar refractivity (Wildman–Crippen MR) is 98.9 cm³/mol. The summed E-state index contributed by atoms with van der Waals surface area (Å²) in [6.07, 6.45) is 1.48. The molecular weight excluding hydrogens is 330 g/mol. The Balaban J connectivity index is 1.70. The molecule has 2 aromatic heterocycles. The number of methoxy groups -OCH3 is 2. The molecule has 0 atom stereocenters. The first-order valence-electron chi connectivity index (χ1n) is 8.07. The Morgan fingerprint density at radius 1 is 0.808 bits per heavy atom. The van der Waals surface area contributed by atoms with Gasteiger partial charge in [0.15, 0.2) is 0 Å². The molecule has 0 saturated heterocycles. The van der Waals surface area contributed by atoms with Crippen molar-refractivity contribution in [2.45, 2.75) is 0 Å². The molecule has 0 radical (unpaired) electrons. The minimum atomic E-state index is 0.485. The van der Waals surface area contributed by atoms with Crippen molar-refractivity contribution in [1.29, 1.82) is 0 Å². The maximum Gasteiger partial charge on any atom is 0.231 e. The van der Waals surface area contributed by atoms with E-state index >= 15 is 0 Å². The Bertz CT molecular complexity index is 1040. The van der Waals surface area contributed by atoms with Crippen LogP contribution in [0.5, 0.6) is 23.1 Å². The van der Waals surface area contributed by atoms with Crippen LogP contribution in [0.25, 0.3) is 22.3 Å². The zero-order valence-corrected chi connectivity index (χ0v) is 14.4. The molecule has 26 heavy (non-hydrogen) atoms. The average molecular weight is 347 g/mol. The summed E-state index contributed by atoms with van der Waals surface area (Å²) in [5, 5.41) is 0.807. The van der Waals surface area contributed by atoms with Gasteiger partial charge in [0.25, 0.3) is 0 Å². The monoisotopic (exact) mass is 347 g/mol. The van der Waals surface area contributed by atoms with E-state index in [1.165, 1.54) is 6.33 Å². The van der Waals surface area contributed by atoms with Gasteiger partial charge in [-0.2, -0.15) is 0 Å². The van der Waals surface area contributed by atoms with E-state index in [0.717, 1.165) is 28.1 Å². The minimum absolute atomic E-state index is 0.485. The number of hydrogen-bond donors (Lipinski definition) is 1. The van der Waals surface area contributed by atoms with Gasteiger partial charge in [0.05, 0.1) is 19.6 Å². The van der Waals surface area contributed by atoms with Crippen LogP contribution in [0.1, 0.15) is 0 Å². The second kappa shape index (κ2) is 6.76. The lowest BCUT2D eigenvalue weighted by Gasteiger charge is -2.06. The van der Waals surface area contributed by atoms with Crippen LogP contribution < -0.4 is 14.2 Å². The summed E-state index contributed by atoms with van der Waals surface area (Å²) in [4.78, 5) is 11.9. The van der Waals surface area contributed by atoms with E-state index in [0.29, 0.717) is 17.3 Å². The van der Waals surface area contributed by atoms with Crippen LogP contribution in [0.2, 0.25) is 0 Å². The third kappa shape index (κ3) is 3.04. The number of hydrogen-bond acceptors (Lipinski definition) is 5. The first kappa shape index (κ1) is 16.0. The Morgan fingerprint density at radius 2 is 1.58 bits per heavy atom. The van der Waals surface area contributed by atoms with Gasteiger partial charge >= 0.3 is 0 Å². The molecule has 0 aliphatic heterocycles. The summed E-state index contributed by atoms with van der Waals surface area (Å²) >= 11 is 0. The summed E-state index contributed by atoms with van der Waals surface area (Å²) in [6, 6.07) is 17.2. The maximum atomic E-state index is 5.95. The Labute approximate surface area is 150 Å². The van der Waals surface area contributed by atoms with Crippen LogP contribution in [0.4, 0.5) is 0 Å². The number of fused-ring (bicyclic) bond motifs is 1. The Hall–Kier alpha value is -3.54. The highest BCUT2D eigenvalue weighted by Gasteiger charge is 2.11. The van der Waals surface area contributed by atoms with Crippen LogP contribution in [0, 0.1) is 0 Å². The van der Waals surface area contributed by atoms with Crippen LogP contribution >= 0.6 is 0 Å². The maximum absolute atomic E-state index is 5.95. The minimum Gasteiger partial charge on any atom is -0.497 e. The number of benzene rings is 2. The standard InChI is InChI=1S/C20H17N3O3/c1-24-14-8-6-13(7-9-14)18-11-17-19(23-18)21-12-22-20(17)26-16-5-3-4-15(10-16)25-2/h3-12H,1-2H3,(H,21,22,23). The Morgan fingerprint density at radius 3 is 2.35 bits per heavy atom. The summed E-state index contributed by atoms with van der Waals surface area (Å²) in [7, 11) is 3.27. The fourth-order valence-corrected chi connectivity index (χ4v) is 2.70. The number of rotatable bonds is 5. The molecule has 4 rings (SSSR count). The third-order valence-electron chi connectivity index (χ3n) is 4.05. The highest BCUT2D eigenvalue weighted by Crippen LogP contribution is 2.32. The van der Waals surface area contributed by atoms with Crippen molar-refractivity contribution in [1.82, 2.24) is 15.0 Å². The molecule has 2 aromatic carbocycles. The van der Waals surface area contributed by atoms with Gasteiger partial charge in [0.2, 0.25) is 5.88 Å². The summed E-state index contributed by atoms with van der Waals surface area (Å²) in [6.45, 7) is 0. The number of ether oxygens (including phenoxy) is 3. The lowest BCUT2D eigenvalue weighted by atomic mass is 10.1. The zero-order chi connectivity index (χ0) is 17.9. The summed E-state index contributed by atoms with van der Waals surface area (Å²) < 4.78 is 16.4. The third-order valence-corrected chi connectivity index (χ3v) is 4.05. The second-order valence-electron chi connectivity index (χ2n) is 5.63. The molecule has 4 aromatic rings. The van der Waals surface area contributed by atoms with Crippen LogP contribution in [-0.2, 0) is 0 Å². The van der Waals surface area contributed by atoms with E-state index in [2.05, 4.69) is 15.0 Å². The molecule has 1 N–H and O–H groups in total. The van der Waals surface area contributed by atoms with Gasteiger partial charge < -0.3 is 19.2 Å². The fourth-order valence-electron chi connectivity index (χ4n) is 2.70. The van der Waals surface area contributed by atoms with E-state index in [1.807, 2.05) is 54.6 Å². The molecule has 6 nitrogen and oxygen atoms in total. The predicted octanol–water partition coefficient (Wildman–Crippen LogP) is 4.43. The van der Waals surface area contributed by atoms with Gasteiger partial charge in [0, 0.05) is 11.8 Å². The SMILES string of the molecule is COc1ccc(-c2cc3c(Oc4cccc(OC)c4)ncnc3[nH]2)cc1. The van der Waals surface area contributed by atoms with Crippen molar-refractivity contribution < 1.29 is 14.2 Å². The molecule has 0 saturated carbocycles. The van der Waals surface area contributed by atoms with Crippen molar-refractivity contribution >= 4 is 11.0 Å². The van der Waals surface area contributed by atoms with Gasteiger partial charge in [-0.25, -0.2) is 9.97 Å². The molecule has 0 amide bonds. The quantitative estimate of drug-likeness (QED) is 0.578. The van der Waals surface area contributed by atoms with E-state index in [9.17, 15) is 0 Å². The largest absolute Gasteiger partial charge is 0.497 e. The van der Waals surface area contributed by atoms with Gasteiger partial charge in [-0.1, -0.05) is 6.07 Å². The molecule has 0 aliphatic rings. The van der Waals surface area contributed by atoms with Crippen molar-refractivity contribution in [3.63, 3.8) is 0 Å². The number of nitrogens with zero attached hydrogens (tertiary/aromatic N) is 2. The second-order valence-corrected chi connectivity index (χ2v) is 5.63. The first-order valence-corrected chi connectivity index (χ1v) is 8.07. The molecule has 0 bridgehead atoms. The zero-order valence-electron chi connectivity index (χ0n) is 14.4. The van der Waals surface area contributed by atoms with E-state index in [4.69, 9.17) is 14.2 Å². The lowest BCUT2D eigenvalue weighted by molar-refractivity contribution is 0.408. The first-order chi connectivity index (χ1) is 12.8. The van der Waals surface area contributed by atoms with Crippen LogP contribution in [-0.4, -0.2) is 29.2 Å². The molecule has 0 fully saturated rings. The average Bonchev–Trinajstić information content (AvgIpc) is 3.13. The Kier molecular flexibility index (Phi) is 4.15. The summed E-state index contributed by atoms with van der Waals surface area (Å²) in [5.74, 6) is 2.67. The van der Waals surface area contributed by atoms with Gasteiger partial charge in [-0.15, -0.1) is 0 Å². The highest BCUT2D eigenvalue weighted by atomic mass is 16.5. The number of aromatic amines is 1. The van der Waals surface area contributed by atoms with E-state index < -0.39 is 0 Å². The van der Waals surface area contributed by atoms with Crippen molar-refractivity contribution in [3.8, 4) is 34.4 Å². The van der Waals surface area contributed by atoms with Gasteiger partial charge in [0.1, 0.15) is 29.2 Å². The molecule has 0 aliphatic carbocycles. The van der Waals surface area contributed by atoms with Gasteiger partial charge in [-0.3, -0.25) is 0 Å². The number of nitrogens with one attached hydrogen (secondary N) is 1. The van der Waals surface area contributed by atoms with Crippen LogP contribution in [0.3, 0.4) is 0 Å². The highest BCUT2D eigenvalue weighted by molar-refractivity contribution is 5.87. The normalized spacial score (nSPS) is 10.7. The summed E-state index contributed by atoms with van der Waals surface area (Å²) in [5.41, 5.74) is 2.67. The molecule has 0 unspecified atom stereocenters. The topological polar surface area (TPSA) is 69.3 Å². The molecule has 6 heteroatoms. The smallest absolute Gasteiger partial charge is 0.231 e. The molecular formula is C20H17N3O3. The molecule has 2 heterocycles. The van der Waals surface area contributed by atoms with Crippen molar-refractivity contribution in [2.75, 3.05) is 14.2 Å². The van der Waals surface area contributed by atoms with Gasteiger partial charge in [-0.05, 0) is 48.0 Å². The lowest BCUT2D eigenvalue weighted by Crippen LogP contribution is -1.90. The molecule has 130 valence electrons. The van der Waals surface area contributed by atoms with Crippen molar-refractivity contribution in [3.05, 3.63) is 60.9 Å². The van der Waals surface area contributed by atoms with E-state index in [1.54, 1.807) is 14.2 Å². The molecule has 0 spiro atoms. The fraction of sp³-hybridized carbons (Fsp3) is 0.100.